The van der Waals surface area contributed by atoms with Gasteiger partial charge in [0.15, 0.2) is 11.5 Å². The Hall–Kier alpha value is -2.00. The van der Waals surface area contributed by atoms with E-state index in [9.17, 15) is 23.4 Å². The number of morpholine rings is 1. The number of hydrogen-bond donors (Lipinski definition) is 3. The fourth-order valence-corrected chi connectivity index (χ4v) is 3.36. The average molecular weight is 377 g/mol. The van der Waals surface area contributed by atoms with E-state index in [4.69, 9.17) is 14.6 Å². The number of benzene rings is 1. The summed E-state index contributed by atoms with van der Waals surface area (Å²) in [6.45, 7) is 5.06. The van der Waals surface area contributed by atoms with Crippen LogP contribution < -0.4 is 0 Å². The van der Waals surface area contributed by atoms with Gasteiger partial charge in [0.2, 0.25) is 0 Å². The number of phenolic OH excluding ortho intramolecular Hbond substituents is 2. The molecule has 1 aromatic rings. The summed E-state index contributed by atoms with van der Waals surface area (Å²) in [6.07, 6.45) is -2.20. The lowest BCUT2D eigenvalue weighted by atomic mass is 9.83. The van der Waals surface area contributed by atoms with Crippen LogP contribution in [0.15, 0.2) is 12.1 Å². The Kier molecular flexibility index (Phi) is 6.35. The van der Waals surface area contributed by atoms with Crippen LogP contribution in [0.1, 0.15) is 24.5 Å². The number of hydrogen-bond acceptors (Lipinski definition) is 5. The first kappa shape index (κ1) is 20.3. The summed E-state index contributed by atoms with van der Waals surface area (Å²) in [5.41, 5.74) is 2.00. The van der Waals surface area contributed by atoms with Crippen molar-refractivity contribution in [1.29, 1.82) is 0 Å². The van der Waals surface area contributed by atoms with E-state index in [-0.39, 0.29) is 17.6 Å². The number of halogens is 3. The van der Waals surface area contributed by atoms with Gasteiger partial charge in [-0.05, 0) is 31.0 Å². The summed E-state index contributed by atoms with van der Waals surface area (Å²) >= 11 is 0. The van der Waals surface area contributed by atoms with Gasteiger partial charge in [-0.15, -0.1) is 0 Å². The zero-order chi connectivity index (χ0) is 19.5. The third-order valence-corrected chi connectivity index (χ3v) is 4.55. The predicted molar refractivity (Wildman–Crippen MR) is 86.3 cm³/mol. The second-order valence-electron chi connectivity index (χ2n) is 6.29. The van der Waals surface area contributed by atoms with Gasteiger partial charge in [-0.3, -0.25) is 4.90 Å². The maximum atomic E-state index is 10.6. The van der Waals surface area contributed by atoms with Crippen LogP contribution in [0.25, 0.3) is 0 Å². The zero-order valence-electron chi connectivity index (χ0n) is 14.3. The molecule has 0 saturated carbocycles. The van der Waals surface area contributed by atoms with Crippen molar-refractivity contribution in [3.05, 3.63) is 23.3 Å². The molecule has 1 heterocycles. The number of rotatable bonds is 2. The molecule has 3 N–H and O–H groups in total. The third-order valence-electron chi connectivity index (χ3n) is 4.55. The molecule has 1 saturated heterocycles. The van der Waals surface area contributed by atoms with E-state index in [2.05, 4.69) is 11.8 Å². The lowest BCUT2D eigenvalue weighted by molar-refractivity contribution is -0.192. The molecule has 9 heteroatoms. The monoisotopic (exact) mass is 377 g/mol. The first-order valence-electron chi connectivity index (χ1n) is 8.33. The van der Waals surface area contributed by atoms with E-state index in [0.29, 0.717) is 12.5 Å². The number of phenols is 2. The maximum absolute atomic E-state index is 10.6. The minimum absolute atomic E-state index is 0.0292. The van der Waals surface area contributed by atoms with E-state index in [1.54, 1.807) is 6.07 Å². The van der Waals surface area contributed by atoms with Crippen molar-refractivity contribution in [1.82, 2.24) is 4.90 Å². The molecule has 1 aliphatic carbocycles. The molecular formula is C17H22F3NO5. The molecule has 146 valence electrons. The molecule has 1 aliphatic heterocycles. The van der Waals surface area contributed by atoms with Crippen LogP contribution in [-0.2, 0) is 22.4 Å². The first-order valence-corrected chi connectivity index (χ1v) is 8.33. The van der Waals surface area contributed by atoms with E-state index in [1.165, 1.54) is 0 Å². The number of nitrogens with zero attached hydrogens (tertiary/aromatic N) is 1. The smallest absolute Gasteiger partial charge is 0.490 e. The van der Waals surface area contributed by atoms with Gasteiger partial charge in [-0.1, -0.05) is 13.0 Å². The average Bonchev–Trinajstić information content (AvgIpc) is 2.57. The Morgan fingerprint density at radius 2 is 1.96 bits per heavy atom. The van der Waals surface area contributed by atoms with Crippen LogP contribution in [0.4, 0.5) is 13.2 Å². The molecule has 0 radical (unpaired) electrons. The SMILES string of the molecule is CCCN1CCO[C@@H]2Cc3c(ccc(O)c3O)C[C@H]21.O=C(O)C(F)(F)F. The lowest BCUT2D eigenvalue weighted by Gasteiger charge is -2.44. The quantitative estimate of drug-likeness (QED) is 0.686. The number of carboxylic acid groups (broad SMARTS) is 1. The second-order valence-corrected chi connectivity index (χ2v) is 6.29. The van der Waals surface area contributed by atoms with Crippen molar-refractivity contribution in [3.8, 4) is 11.5 Å². The van der Waals surface area contributed by atoms with E-state index < -0.39 is 12.1 Å². The van der Waals surface area contributed by atoms with E-state index >= 15 is 0 Å². The molecular weight excluding hydrogens is 355 g/mol. The van der Waals surface area contributed by atoms with Crippen LogP contribution in [0, 0.1) is 0 Å². The van der Waals surface area contributed by atoms with Gasteiger partial charge in [-0.2, -0.15) is 13.2 Å². The van der Waals surface area contributed by atoms with Gasteiger partial charge in [0.05, 0.1) is 12.7 Å². The first-order chi connectivity index (χ1) is 12.1. The topological polar surface area (TPSA) is 90.2 Å². The Morgan fingerprint density at radius 1 is 1.31 bits per heavy atom. The highest BCUT2D eigenvalue weighted by atomic mass is 19.4. The summed E-state index contributed by atoms with van der Waals surface area (Å²) in [7, 11) is 0. The fraction of sp³-hybridized carbons (Fsp3) is 0.588. The van der Waals surface area contributed by atoms with Crippen molar-refractivity contribution in [2.24, 2.45) is 0 Å². The molecule has 0 spiro atoms. The van der Waals surface area contributed by atoms with Gasteiger partial charge in [0.1, 0.15) is 0 Å². The Balaban J connectivity index is 0.000000298. The Bertz CT molecular complexity index is 648. The lowest BCUT2D eigenvalue weighted by Crippen LogP contribution is -2.55. The molecule has 2 atom stereocenters. The second kappa shape index (κ2) is 8.13. The highest BCUT2D eigenvalue weighted by Gasteiger charge is 2.38. The summed E-state index contributed by atoms with van der Waals surface area (Å²) in [5.74, 6) is -2.75. The largest absolute Gasteiger partial charge is 0.504 e. The minimum atomic E-state index is -5.08. The number of alkyl halides is 3. The fourth-order valence-electron chi connectivity index (χ4n) is 3.36. The van der Waals surface area contributed by atoms with Crippen LogP contribution in [0.3, 0.4) is 0 Å². The number of ether oxygens (including phenoxy) is 1. The van der Waals surface area contributed by atoms with Crippen LogP contribution in [0.5, 0.6) is 11.5 Å². The summed E-state index contributed by atoms with van der Waals surface area (Å²) in [4.78, 5) is 11.4. The highest BCUT2D eigenvalue weighted by molar-refractivity contribution is 5.73. The predicted octanol–water partition coefficient (Wildman–Crippen LogP) is 2.31. The number of fused-ring (bicyclic) bond motifs is 2. The van der Waals surface area contributed by atoms with Gasteiger partial charge in [0.25, 0.3) is 0 Å². The standard InChI is InChI=1S/C15H21NO3.C2HF3O2/c1-2-5-16-6-7-19-14-9-11-10(8-12(14)16)3-4-13(17)15(11)18;3-2(4,5)1(6)7/h3-4,12,14,17-18H,2,5-9H2,1H3;(H,6,7)/t12-,14-;/m1./s1. The molecule has 6 nitrogen and oxygen atoms in total. The van der Waals surface area contributed by atoms with Crippen LogP contribution >= 0.6 is 0 Å². The number of aliphatic carboxylic acids is 1. The molecule has 1 fully saturated rings. The van der Waals surface area contributed by atoms with E-state index in [1.807, 2.05) is 6.07 Å². The van der Waals surface area contributed by atoms with E-state index in [0.717, 1.165) is 43.7 Å². The van der Waals surface area contributed by atoms with Crippen molar-refractivity contribution in [2.75, 3.05) is 19.7 Å². The minimum Gasteiger partial charge on any atom is -0.504 e. The normalized spacial score (nSPS) is 22.6. The summed E-state index contributed by atoms with van der Waals surface area (Å²) in [5, 5.41) is 26.7. The Morgan fingerprint density at radius 3 is 2.54 bits per heavy atom. The molecule has 26 heavy (non-hydrogen) atoms. The summed E-state index contributed by atoms with van der Waals surface area (Å²) < 4.78 is 37.6. The Labute approximate surface area is 148 Å². The molecule has 0 unspecified atom stereocenters. The van der Waals surface area contributed by atoms with Crippen molar-refractivity contribution in [3.63, 3.8) is 0 Å². The van der Waals surface area contributed by atoms with Crippen molar-refractivity contribution >= 4 is 5.97 Å². The molecule has 1 aromatic carbocycles. The van der Waals surface area contributed by atoms with Gasteiger partial charge < -0.3 is 20.1 Å². The number of carboxylic acids is 1. The summed E-state index contributed by atoms with van der Waals surface area (Å²) in [6, 6.07) is 3.92. The zero-order valence-corrected chi connectivity index (χ0v) is 14.3. The molecule has 0 aromatic heterocycles. The van der Waals surface area contributed by atoms with Crippen LogP contribution in [0.2, 0.25) is 0 Å². The molecule has 2 aliphatic rings. The van der Waals surface area contributed by atoms with Gasteiger partial charge in [0, 0.05) is 24.6 Å². The third kappa shape index (κ3) is 4.59. The maximum Gasteiger partial charge on any atom is 0.490 e. The molecule has 0 amide bonds. The van der Waals surface area contributed by atoms with Crippen LogP contribution in [-0.4, -0.2) is 64.2 Å². The van der Waals surface area contributed by atoms with Crippen molar-refractivity contribution in [2.45, 2.75) is 44.5 Å². The van der Waals surface area contributed by atoms with Gasteiger partial charge >= 0.3 is 12.1 Å². The van der Waals surface area contributed by atoms with Crippen molar-refractivity contribution < 1.29 is 38.0 Å². The van der Waals surface area contributed by atoms with Gasteiger partial charge in [-0.25, -0.2) is 4.79 Å². The molecule has 3 rings (SSSR count). The number of carbonyl (C=O) groups is 1. The highest BCUT2D eigenvalue weighted by Crippen LogP contribution is 2.38. The molecule has 0 bridgehead atoms. The number of aromatic hydroxyl groups is 2.